The lowest BCUT2D eigenvalue weighted by Gasteiger charge is -2.19. The van der Waals surface area contributed by atoms with E-state index in [0.29, 0.717) is 6.42 Å². The first kappa shape index (κ1) is 55.8. The van der Waals surface area contributed by atoms with E-state index in [9.17, 15) is 15.0 Å². The number of aliphatic hydroxyl groups is 2. The molecule has 3 N–H and O–H groups in total. The van der Waals surface area contributed by atoms with Crippen LogP contribution in [0.3, 0.4) is 0 Å². The maximum atomic E-state index is 12.4. The molecular formula is C56H85NO3. The van der Waals surface area contributed by atoms with Crippen molar-refractivity contribution in [3.05, 3.63) is 170 Å². The molecule has 0 aliphatic heterocycles. The van der Waals surface area contributed by atoms with Gasteiger partial charge in [-0.05, 0) is 122 Å². The maximum Gasteiger partial charge on any atom is 0.220 e. The Hall–Kier alpha value is -4.25. The van der Waals surface area contributed by atoms with Crippen LogP contribution in [0.2, 0.25) is 0 Å². The summed E-state index contributed by atoms with van der Waals surface area (Å²) in [5, 5.41) is 22.9. The van der Waals surface area contributed by atoms with Gasteiger partial charge in [0.25, 0.3) is 0 Å². The van der Waals surface area contributed by atoms with Gasteiger partial charge in [-0.25, -0.2) is 0 Å². The fourth-order valence-electron chi connectivity index (χ4n) is 5.63. The SMILES string of the molecule is CC/C=C\C/C=C\C/C=C\C/C=C\C/C=C\C/C=C\C/C=C\C/C=C\C/C=C\C/C=C\C/C=C\CCCCCC(=O)NC(CO)C(O)/C=C/CC/C=C/CC/C=C/CCC. The van der Waals surface area contributed by atoms with Crippen LogP contribution in [0, 0.1) is 0 Å². The van der Waals surface area contributed by atoms with E-state index < -0.39 is 12.1 Å². The molecule has 0 aromatic rings. The van der Waals surface area contributed by atoms with Gasteiger partial charge in [-0.15, -0.1) is 0 Å². The van der Waals surface area contributed by atoms with E-state index in [-0.39, 0.29) is 12.5 Å². The van der Waals surface area contributed by atoms with Gasteiger partial charge in [-0.2, -0.15) is 0 Å². The van der Waals surface area contributed by atoms with E-state index in [4.69, 9.17) is 0 Å². The second kappa shape index (κ2) is 49.1. The van der Waals surface area contributed by atoms with Crippen molar-refractivity contribution in [3.8, 4) is 0 Å². The van der Waals surface area contributed by atoms with Gasteiger partial charge in [0.15, 0.2) is 0 Å². The molecule has 0 heterocycles. The molecule has 0 radical (unpaired) electrons. The van der Waals surface area contributed by atoms with Gasteiger partial charge in [0.05, 0.1) is 18.8 Å². The summed E-state index contributed by atoms with van der Waals surface area (Å²) in [6.45, 7) is 4.06. The van der Waals surface area contributed by atoms with Gasteiger partial charge >= 0.3 is 0 Å². The molecule has 0 aliphatic rings. The third kappa shape index (κ3) is 44.8. The number of amides is 1. The van der Waals surface area contributed by atoms with Crippen molar-refractivity contribution in [2.75, 3.05) is 6.61 Å². The molecule has 0 aliphatic carbocycles. The Morgan fingerprint density at radius 3 is 1.12 bits per heavy atom. The molecule has 0 fully saturated rings. The molecule has 1 amide bonds. The Morgan fingerprint density at radius 1 is 0.417 bits per heavy atom. The van der Waals surface area contributed by atoms with Crippen LogP contribution in [0.1, 0.15) is 155 Å². The first-order valence-electron chi connectivity index (χ1n) is 23.3. The van der Waals surface area contributed by atoms with Crippen molar-refractivity contribution >= 4 is 5.91 Å². The van der Waals surface area contributed by atoms with Gasteiger partial charge in [0.2, 0.25) is 5.91 Å². The molecule has 4 heteroatoms. The number of carbonyl (C=O) groups excluding carboxylic acids is 1. The predicted octanol–water partition coefficient (Wildman–Crippen LogP) is 15.2. The molecule has 0 bridgehead atoms. The minimum atomic E-state index is -0.895. The molecule has 0 aromatic heterocycles. The molecule has 2 unspecified atom stereocenters. The fourth-order valence-corrected chi connectivity index (χ4v) is 5.63. The van der Waals surface area contributed by atoms with Crippen molar-refractivity contribution in [1.29, 1.82) is 0 Å². The summed E-state index contributed by atoms with van der Waals surface area (Å²) in [6.07, 6.45) is 81.9. The predicted molar refractivity (Wildman–Crippen MR) is 266 cm³/mol. The number of hydrogen-bond acceptors (Lipinski definition) is 3. The van der Waals surface area contributed by atoms with E-state index in [0.717, 1.165) is 128 Å². The zero-order chi connectivity index (χ0) is 43.5. The highest BCUT2D eigenvalue weighted by molar-refractivity contribution is 5.76. The second-order valence-electron chi connectivity index (χ2n) is 14.7. The Balaban J connectivity index is 3.78. The van der Waals surface area contributed by atoms with Crippen molar-refractivity contribution in [2.24, 2.45) is 0 Å². The normalized spacial score (nSPS) is 14.5. The highest BCUT2D eigenvalue weighted by atomic mass is 16.3. The quantitative estimate of drug-likeness (QED) is 0.0427. The van der Waals surface area contributed by atoms with Gasteiger partial charge in [0.1, 0.15) is 0 Å². The van der Waals surface area contributed by atoms with Gasteiger partial charge in [-0.3, -0.25) is 4.79 Å². The van der Waals surface area contributed by atoms with Crippen LogP contribution >= 0.6 is 0 Å². The van der Waals surface area contributed by atoms with Gasteiger partial charge in [-0.1, -0.05) is 197 Å². The summed E-state index contributed by atoms with van der Waals surface area (Å²) in [4.78, 5) is 12.4. The Kier molecular flexibility index (Phi) is 45.6. The lowest BCUT2D eigenvalue weighted by Crippen LogP contribution is -2.45. The largest absolute Gasteiger partial charge is 0.394 e. The van der Waals surface area contributed by atoms with Crippen LogP contribution in [-0.2, 0) is 4.79 Å². The summed E-state index contributed by atoms with van der Waals surface area (Å²) >= 11 is 0. The number of rotatable bonds is 39. The van der Waals surface area contributed by atoms with Crippen molar-refractivity contribution in [2.45, 2.75) is 167 Å². The number of hydrogen-bond donors (Lipinski definition) is 3. The summed E-state index contributed by atoms with van der Waals surface area (Å²) in [5.74, 6) is -0.122. The molecule has 0 spiro atoms. The van der Waals surface area contributed by atoms with Crippen LogP contribution in [0.5, 0.6) is 0 Å². The smallest absolute Gasteiger partial charge is 0.220 e. The van der Waals surface area contributed by atoms with E-state index in [1.165, 1.54) is 6.42 Å². The highest BCUT2D eigenvalue weighted by Gasteiger charge is 2.17. The maximum absolute atomic E-state index is 12.4. The molecule has 4 nitrogen and oxygen atoms in total. The zero-order valence-electron chi connectivity index (χ0n) is 37.9. The lowest BCUT2D eigenvalue weighted by molar-refractivity contribution is -0.123. The van der Waals surface area contributed by atoms with Crippen LogP contribution in [0.25, 0.3) is 0 Å². The summed E-state index contributed by atoms with van der Waals surface area (Å²) in [5.41, 5.74) is 0. The molecular weight excluding hydrogens is 735 g/mol. The Labute approximate surface area is 368 Å². The van der Waals surface area contributed by atoms with Crippen molar-refractivity contribution in [3.63, 3.8) is 0 Å². The minimum absolute atomic E-state index is 0.122. The standard InChI is InChI=1S/C56H85NO3/c1-3-5-7-9-11-13-15-16-17-18-19-20-21-22-23-24-25-26-27-28-29-30-31-32-33-34-35-36-37-38-39-40-42-44-46-48-50-52-56(60)57-54(53-58)55(59)51-49-47-45-43-41-14-12-10-8-6-4-2/h5,7-8,10-11,13,16-17,19-20,22-23,25-26,28-29,31-32,34-35,37-38,40-43,49,51,54-55,58-59H,3-4,6,9,12,14-15,18,21,24,27,30,33,36,39,44-48,50,52-53H2,1-2H3,(H,57,60)/b7-5-,10-8+,13-11-,17-16-,20-19-,23-22-,26-25-,29-28-,32-31-,35-34-,38-37-,42-40-,43-41+,51-49+. The van der Waals surface area contributed by atoms with E-state index in [2.05, 4.69) is 177 Å². The lowest BCUT2D eigenvalue weighted by atomic mass is 10.1. The Morgan fingerprint density at radius 2 is 0.750 bits per heavy atom. The van der Waals surface area contributed by atoms with Crippen LogP contribution < -0.4 is 5.32 Å². The number of unbranched alkanes of at least 4 members (excludes halogenated alkanes) is 6. The first-order valence-corrected chi connectivity index (χ1v) is 23.3. The molecule has 60 heavy (non-hydrogen) atoms. The highest BCUT2D eigenvalue weighted by Crippen LogP contribution is 2.07. The first-order chi connectivity index (χ1) is 29.7. The van der Waals surface area contributed by atoms with E-state index in [1.54, 1.807) is 6.08 Å². The summed E-state index contributed by atoms with van der Waals surface area (Å²) < 4.78 is 0. The minimum Gasteiger partial charge on any atom is -0.394 e. The van der Waals surface area contributed by atoms with Crippen LogP contribution in [0.15, 0.2) is 170 Å². The van der Waals surface area contributed by atoms with E-state index in [1.807, 2.05) is 6.08 Å². The molecule has 0 rings (SSSR count). The number of carbonyl (C=O) groups is 1. The third-order valence-corrected chi connectivity index (χ3v) is 9.14. The summed E-state index contributed by atoms with van der Waals surface area (Å²) in [6, 6.07) is -0.675. The van der Waals surface area contributed by atoms with Gasteiger partial charge in [0, 0.05) is 6.42 Å². The molecule has 0 saturated heterocycles. The number of aliphatic hydroxyl groups excluding tert-OH is 2. The monoisotopic (exact) mass is 820 g/mol. The van der Waals surface area contributed by atoms with Gasteiger partial charge < -0.3 is 15.5 Å². The number of nitrogens with one attached hydrogen (secondary N) is 1. The summed E-state index contributed by atoms with van der Waals surface area (Å²) in [7, 11) is 0. The molecule has 332 valence electrons. The zero-order valence-corrected chi connectivity index (χ0v) is 37.9. The topological polar surface area (TPSA) is 69.6 Å². The third-order valence-electron chi connectivity index (χ3n) is 9.14. The average molecular weight is 820 g/mol. The molecule has 0 aromatic carbocycles. The molecule has 0 saturated carbocycles. The average Bonchev–Trinajstić information content (AvgIpc) is 3.25. The number of allylic oxidation sites excluding steroid dienone is 27. The molecule has 2 atom stereocenters. The van der Waals surface area contributed by atoms with Crippen molar-refractivity contribution < 1.29 is 15.0 Å². The van der Waals surface area contributed by atoms with Crippen LogP contribution in [-0.4, -0.2) is 34.9 Å². The van der Waals surface area contributed by atoms with E-state index >= 15 is 0 Å². The fraction of sp³-hybridized carbons (Fsp3) is 0.482. The Bertz CT molecular complexity index is 1390. The second-order valence-corrected chi connectivity index (χ2v) is 14.7. The van der Waals surface area contributed by atoms with Crippen LogP contribution in [0.4, 0.5) is 0 Å². The van der Waals surface area contributed by atoms with Crippen molar-refractivity contribution in [1.82, 2.24) is 5.32 Å².